The minimum atomic E-state index is -0.106. The van der Waals surface area contributed by atoms with Crippen LogP contribution in [0.1, 0.15) is 16.0 Å². The normalized spacial score (nSPS) is 10.8. The van der Waals surface area contributed by atoms with Crippen molar-refractivity contribution in [3.63, 3.8) is 0 Å². The maximum atomic E-state index is 11.6. The van der Waals surface area contributed by atoms with Crippen molar-refractivity contribution in [3.8, 4) is 0 Å². The van der Waals surface area contributed by atoms with Crippen molar-refractivity contribution in [2.24, 2.45) is 0 Å². The summed E-state index contributed by atoms with van der Waals surface area (Å²) in [6, 6.07) is 9.68. The minimum Gasteiger partial charge on any atom is -0.348 e. The summed E-state index contributed by atoms with van der Waals surface area (Å²) >= 11 is 7.65. The highest BCUT2D eigenvalue weighted by molar-refractivity contribution is 7.09. The summed E-state index contributed by atoms with van der Waals surface area (Å²) in [5.74, 6) is -0.106. The van der Waals surface area contributed by atoms with E-state index >= 15 is 0 Å². The molecule has 1 N–H and O–H groups in total. The topological polar surface area (TPSA) is 29.1 Å². The van der Waals surface area contributed by atoms with Gasteiger partial charge in [0.1, 0.15) is 0 Å². The monoisotopic (exact) mass is 291 g/mol. The first-order valence-corrected chi connectivity index (χ1v) is 7.15. The van der Waals surface area contributed by atoms with Crippen molar-refractivity contribution in [2.45, 2.75) is 13.5 Å². The van der Waals surface area contributed by atoms with E-state index < -0.39 is 0 Å². The molecule has 19 heavy (non-hydrogen) atoms. The fraction of sp³-hybridized carbons (Fsp3) is 0.133. The van der Waals surface area contributed by atoms with Crippen LogP contribution in [-0.2, 0) is 11.3 Å². The Morgan fingerprint density at radius 2 is 2.26 bits per heavy atom. The molecule has 0 saturated carbocycles. The summed E-state index contributed by atoms with van der Waals surface area (Å²) in [5, 5.41) is 5.53. The third-order valence-corrected chi connectivity index (χ3v) is 3.92. The van der Waals surface area contributed by atoms with Gasteiger partial charge in [0, 0.05) is 16.0 Å². The molecule has 0 fully saturated rings. The lowest BCUT2D eigenvalue weighted by atomic mass is 10.1. The molecule has 0 unspecified atom stereocenters. The van der Waals surface area contributed by atoms with E-state index in [4.69, 9.17) is 11.6 Å². The summed E-state index contributed by atoms with van der Waals surface area (Å²) in [6.07, 6.45) is 3.28. The second kappa shape index (κ2) is 6.55. The van der Waals surface area contributed by atoms with Crippen molar-refractivity contribution < 1.29 is 4.79 Å². The van der Waals surface area contributed by atoms with Gasteiger partial charge in [0.2, 0.25) is 5.91 Å². The van der Waals surface area contributed by atoms with Gasteiger partial charge in [0.25, 0.3) is 0 Å². The number of halogens is 1. The van der Waals surface area contributed by atoms with Gasteiger partial charge in [-0.1, -0.05) is 29.8 Å². The lowest BCUT2D eigenvalue weighted by Gasteiger charge is -2.00. The van der Waals surface area contributed by atoms with E-state index in [0.29, 0.717) is 11.6 Å². The molecule has 1 heterocycles. The van der Waals surface area contributed by atoms with Crippen molar-refractivity contribution in [1.29, 1.82) is 0 Å². The van der Waals surface area contributed by atoms with Gasteiger partial charge in [-0.25, -0.2) is 0 Å². The van der Waals surface area contributed by atoms with Gasteiger partial charge >= 0.3 is 0 Å². The molecule has 1 aromatic heterocycles. The number of thiophene rings is 1. The Morgan fingerprint density at radius 3 is 2.95 bits per heavy atom. The zero-order chi connectivity index (χ0) is 13.7. The van der Waals surface area contributed by atoms with Crippen molar-refractivity contribution in [2.75, 3.05) is 0 Å². The van der Waals surface area contributed by atoms with Crippen LogP contribution in [0.4, 0.5) is 0 Å². The first-order valence-electron chi connectivity index (χ1n) is 5.89. The Labute approximate surface area is 121 Å². The zero-order valence-electron chi connectivity index (χ0n) is 10.5. The maximum absolute atomic E-state index is 11.6. The van der Waals surface area contributed by atoms with Crippen LogP contribution in [-0.4, -0.2) is 5.91 Å². The first-order chi connectivity index (χ1) is 9.15. The Hall–Kier alpha value is -1.58. The Kier molecular flexibility index (Phi) is 4.77. The number of amides is 1. The smallest absolute Gasteiger partial charge is 0.244 e. The Balaban J connectivity index is 1.90. The number of carbonyl (C=O) groups excluding carboxylic acids is 1. The molecule has 2 nitrogen and oxygen atoms in total. The number of carbonyl (C=O) groups is 1. The fourth-order valence-electron chi connectivity index (χ4n) is 1.53. The van der Waals surface area contributed by atoms with Gasteiger partial charge in [0.15, 0.2) is 0 Å². The van der Waals surface area contributed by atoms with E-state index in [9.17, 15) is 4.79 Å². The quantitative estimate of drug-likeness (QED) is 0.846. The van der Waals surface area contributed by atoms with Crippen LogP contribution in [0.2, 0.25) is 5.02 Å². The summed E-state index contributed by atoms with van der Waals surface area (Å²) in [6.45, 7) is 2.51. The Morgan fingerprint density at radius 1 is 1.42 bits per heavy atom. The van der Waals surface area contributed by atoms with E-state index in [-0.39, 0.29) is 5.91 Å². The molecule has 0 spiro atoms. The SMILES string of the molecule is Cc1ccc(/C=C/C(=O)NCc2cccs2)cc1Cl. The van der Waals surface area contributed by atoms with Gasteiger partial charge in [0.05, 0.1) is 6.54 Å². The highest BCUT2D eigenvalue weighted by Gasteiger charge is 1.98. The van der Waals surface area contributed by atoms with Crippen LogP contribution in [0.15, 0.2) is 41.8 Å². The highest BCUT2D eigenvalue weighted by atomic mass is 35.5. The fourth-order valence-corrected chi connectivity index (χ4v) is 2.36. The minimum absolute atomic E-state index is 0.106. The second-order valence-corrected chi connectivity index (χ2v) is 5.58. The van der Waals surface area contributed by atoms with Gasteiger partial charge < -0.3 is 5.32 Å². The molecular weight excluding hydrogens is 278 g/mol. The number of rotatable bonds is 4. The molecule has 0 aliphatic carbocycles. The molecule has 4 heteroatoms. The molecule has 0 saturated heterocycles. The molecule has 1 aromatic carbocycles. The van der Waals surface area contributed by atoms with E-state index in [2.05, 4.69) is 5.32 Å². The third kappa shape index (κ3) is 4.23. The largest absolute Gasteiger partial charge is 0.348 e. The molecular formula is C15H14ClNOS. The predicted molar refractivity (Wildman–Crippen MR) is 81.4 cm³/mol. The summed E-state index contributed by atoms with van der Waals surface area (Å²) in [5.41, 5.74) is 1.95. The molecule has 98 valence electrons. The van der Waals surface area contributed by atoms with Gasteiger partial charge in [-0.05, 0) is 41.6 Å². The number of hydrogen-bond donors (Lipinski definition) is 1. The number of nitrogens with one attached hydrogen (secondary N) is 1. The lowest BCUT2D eigenvalue weighted by Crippen LogP contribution is -2.19. The van der Waals surface area contributed by atoms with Crippen molar-refractivity contribution >= 4 is 34.9 Å². The van der Waals surface area contributed by atoms with Crippen LogP contribution in [0.3, 0.4) is 0 Å². The van der Waals surface area contributed by atoms with Crippen LogP contribution in [0.5, 0.6) is 0 Å². The van der Waals surface area contributed by atoms with Gasteiger partial charge in [-0.15, -0.1) is 11.3 Å². The average molecular weight is 292 g/mol. The van der Waals surface area contributed by atoms with E-state index in [1.54, 1.807) is 17.4 Å². The van der Waals surface area contributed by atoms with Gasteiger partial charge in [-0.3, -0.25) is 4.79 Å². The molecule has 0 bridgehead atoms. The molecule has 0 aliphatic heterocycles. The first kappa shape index (κ1) is 13.8. The molecule has 1 amide bonds. The predicted octanol–water partition coefficient (Wildman–Crippen LogP) is 4.04. The Bertz CT molecular complexity index is 590. The van der Waals surface area contributed by atoms with Crippen LogP contribution in [0.25, 0.3) is 6.08 Å². The molecule has 0 atom stereocenters. The number of hydrogen-bond acceptors (Lipinski definition) is 2. The summed E-state index contributed by atoms with van der Waals surface area (Å²) in [7, 11) is 0. The summed E-state index contributed by atoms with van der Waals surface area (Å²) in [4.78, 5) is 12.8. The van der Waals surface area contributed by atoms with Gasteiger partial charge in [-0.2, -0.15) is 0 Å². The van der Waals surface area contributed by atoms with E-state index in [0.717, 1.165) is 16.0 Å². The summed E-state index contributed by atoms with van der Waals surface area (Å²) < 4.78 is 0. The van der Waals surface area contributed by atoms with E-state index in [1.807, 2.05) is 42.6 Å². The average Bonchev–Trinajstić information content (AvgIpc) is 2.91. The van der Waals surface area contributed by atoms with E-state index in [1.165, 1.54) is 6.08 Å². The lowest BCUT2D eigenvalue weighted by molar-refractivity contribution is -0.116. The van der Waals surface area contributed by atoms with Crippen molar-refractivity contribution in [3.05, 3.63) is 62.8 Å². The molecule has 0 aliphatic rings. The number of aryl methyl sites for hydroxylation is 1. The maximum Gasteiger partial charge on any atom is 0.244 e. The second-order valence-electron chi connectivity index (χ2n) is 4.14. The highest BCUT2D eigenvalue weighted by Crippen LogP contribution is 2.17. The van der Waals surface area contributed by atoms with Crippen LogP contribution >= 0.6 is 22.9 Å². The number of benzene rings is 1. The van der Waals surface area contributed by atoms with Crippen LogP contribution in [0, 0.1) is 6.92 Å². The molecule has 0 radical (unpaired) electrons. The third-order valence-electron chi connectivity index (χ3n) is 2.64. The molecule has 2 rings (SSSR count). The molecule has 2 aromatic rings. The zero-order valence-corrected chi connectivity index (χ0v) is 12.1. The standard InChI is InChI=1S/C15H14ClNOS/c1-11-4-5-12(9-14(11)16)6-7-15(18)17-10-13-3-2-8-19-13/h2-9H,10H2,1H3,(H,17,18)/b7-6+. The van der Waals surface area contributed by atoms with Crippen LogP contribution < -0.4 is 5.32 Å². The van der Waals surface area contributed by atoms with Crippen molar-refractivity contribution in [1.82, 2.24) is 5.32 Å².